The van der Waals surface area contributed by atoms with Gasteiger partial charge in [0, 0.05) is 5.41 Å². The Hall–Kier alpha value is -2.91. The molecule has 150 valence electrons. The van der Waals surface area contributed by atoms with Gasteiger partial charge in [-0.2, -0.15) is 0 Å². The number of aryl methyl sites for hydroxylation is 2. The van der Waals surface area contributed by atoms with Crippen molar-refractivity contribution in [1.29, 1.82) is 0 Å². The molecule has 0 spiro atoms. The summed E-state index contributed by atoms with van der Waals surface area (Å²) in [7, 11) is 0. The molecule has 0 heterocycles. The zero-order valence-electron chi connectivity index (χ0n) is 17.4. The Labute approximate surface area is 173 Å². The number of aliphatic hydroxyl groups excluding tert-OH is 1. The Kier molecular flexibility index (Phi) is 6.19. The fraction of sp³-hybridized carbons (Fsp3) is 0.269. The molecule has 0 amide bonds. The first-order valence-corrected chi connectivity index (χ1v) is 9.86. The quantitative estimate of drug-likeness (QED) is 0.530. The van der Waals surface area contributed by atoms with Crippen LogP contribution in [0.1, 0.15) is 58.7 Å². The van der Waals surface area contributed by atoms with E-state index >= 15 is 0 Å². The molecule has 3 rings (SSSR count). The van der Waals surface area contributed by atoms with Crippen molar-refractivity contribution in [3.8, 4) is 0 Å². The second-order valence-electron chi connectivity index (χ2n) is 8.20. The maximum absolute atomic E-state index is 12.9. The van der Waals surface area contributed by atoms with Gasteiger partial charge in [0.2, 0.25) is 0 Å². The van der Waals surface area contributed by atoms with Gasteiger partial charge in [0.05, 0.1) is 11.7 Å². The van der Waals surface area contributed by atoms with Gasteiger partial charge < -0.3 is 9.84 Å². The molecule has 0 unspecified atom stereocenters. The van der Waals surface area contributed by atoms with Gasteiger partial charge in [0.15, 0.2) is 0 Å². The van der Waals surface area contributed by atoms with Crippen molar-refractivity contribution in [2.45, 2.75) is 39.9 Å². The number of carbonyl (C=O) groups is 1. The maximum Gasteiger partial charge on any atom is 0.338 e. The third-order valence-electron chi connectivity index (χ3n) is 5.39. The molecule has 0 saturated carbocycles. The molecule has 0 radical (unpaired) electrons. The number of esters is 1. The number of rotatable bonds is 6. The van der Waals surface area contributed by atoms with Crippen LogP contribution in [-0.2, 0) is 4.74 Å². The molecule has 3 nitrogen and oxygen atoms in total. The molecule has 0 aliphatic heterocycles. The molecule has 3 aromatic carbocycles. The highest BCUT2D eigenvalue weighted by Crippen LogP contribution is 2.46. The predicted octanol–water partition coefficient (Wildman–Crippen LogP) is 5.96. The van der Waals surface area contributed by atoms with E-state index in [1.165, 1.54) is 0 Å². The van der Waals surface area contributed by atoms with Crippen molar-refractivity contribution in [3.05, 3.63) is 107 Å². The number of carbonyl (C=O) groups excluding carboxylic acids is 1. The first kappa shape index (κ1) is 20.8. The van der Waals surface area contributed by atoms with Crippen molar-refractivity contribution in [1.82, 2.24) is 0 Å². The summed E-state index contributed by atoms with van der Waals surface area (Å²) in [6, 6.07) is 24.7. The molecule has 3 aromatic rings. The summed E-state index contributed by atoms with van der Waals surface area (Å²) in [4.78, 5) is 12.9. The van der Waals surface area contributed by atoms with Crippen LogP contribution in [0.5, 0.6) is 0 Å². The van der Waals surface area contributed by atoms with Gasteiger partial charge in [-0.3, -0.25) is 0 Å². The van der Waals surface area contributed by atoms with Crippen LogP contribution in [0.4, 0.5) is 0 Å². The fourth-order valence-electron chi connectivity index (χ4n) is 3.46. The SMILES string of the molecule is Cc1ccc(C(=O)O[C@H](c2ccc(C)cc2)C(C)(C)[C@H](O)c2ccccc2)cc1. The van der Waals surface area contributed by atoms with Crippen molar-refractivity contribution >= 4 is 5.97 Å². The number of aliphatic hydroxyl groups is 1. The van der Waals surface area contributed by atoms with Gasteiger partial charge in [-0.15, -0.1) is 0 Å². The predicted molar refractivity (Wildman–Crippen MR) is 116 cm³/mol. The summed E-state index contributed by atoms with van der Waals surface area (Å²) in [6.45, 7) is 7.85. The zero-order chi connectivity index (χ0) is 21.0. The number of hydrogen-bond donors (Lipinski definition) is 1. The first-order valence-electron chi connectivity index (χ1n) is 9.86. The van der Waals surface area contributed by atoms with Gasteiger partial charge in [-0.25, -0.2) is 4.79 Å². The average molecular weight is 389 g/mol. The highest BCUT2D eigenvalue weighted by Gasteiger charge is 2.41. The standard InChI is InChI=1S/C26H28O3/c1-18-10-14-21(15-11-18)24(29-25(28)22-16-12-19(2)13-17-22)26(3,4)23(27)20-8-6-5-7-9-20/h5-17,23-24,27H,1-4H3/t23-,24-/m1/s1. The van der Waals surface area contributed by atoms with Crippen molar-refractivity contribution in [2.24, 2.45) is 5.41 Å². The molecule has 29 heavy (non-hydrogen) atoms. The topological polar surface area (TPSA) is 46.5 Å². The highest BCUT2D eigenvalue weighted by molar-refractivity contribution is 5.89. The van der Waals surface area contributed by atoms with Crippen LogP contribution in [0.3, 0.4) is 0 Å². The lowest BCUT2D eigenvalue weighted by molar-refractivity contribution is -0.0661. The van der Waals surface area contributed by atoms with Crippen LogP contribution in [0.15, 0.2) is 78.9 Å². The molecular weight excluding hydrogens is 360 g/mol. The minimum Gasteiger partial charge on any atom is -0.453 e. The van der Waals surface area contributed by atoms with Crippen LogP contribution < -0.4 is 0 Å². The summed E-state index contributed by atoms with van der Waals surface area (Å²) in [5.41, 5.74) is 3.60. The fourth-order valence-corrected chi connectivity index (χ4v) is 3.46. The van der Waals surface area contributed by atoms with E-state index in [1.807, 2.05) is 94.4 Å². The third-order valence-corrected chi connectivity index (χ3v) is 5.39. The van der Waals surface area contributed by atoms with Crippen LogP contribution in [0.25, 0.3) is 0 Å². The average Bonchev–Trinajstić information content (AvgIpc) is 2.73. The van der Waals surface area contributed by atoms with Gasteiger partial charge in [-0.1, -0.05) is 91.7 Å². The Morgan fingerprint density at radius 3 is 1.86 bits per heavy atom. The Balaban J connectivity index is 1.97. The van der Waals surface area contributed by atoms with E-state index < -0.39 is 23.6 Å². The van der Waals surface area contributed by atoms with Crippen LogP contribution in [0.2, 0.25) is 0 Å². The van der Waals surface area contributed by atoms with E-state index in [0.29, 0.717) is 5.56 Å². The van der Waals surface area contributed by atoms with E-state index in [4.69, 9.17) is 4.74 Å². The lowest BCUT2D eigenvalue weighted by Gasteiger charge is -2.38. The molecule has 0 aliphatic rings. The second-order valence-corrected chi connectivity index (χ2v) is 8.20. The molecule has 0 bridgehead atoms. The summed E-state index contributed by atoms with van der Waals surface area (Å²) < 4.78 is 6.01. The van der Waals surface area contributed by atoms with E-state index in [0.717, 1.165) is 22.3 Å². The molecule has 0 fully saturated rings. The van der Waals surface area contributed by atoms with Gasteiger partial charge >= 0.3 is 5.97 Å². The minimum atomic E-state index is -0.805. The molecule has 0 aromatic heterocycles. The first-order chi connectivity index (χ1) is 13.8. The van der Waals surface area contributed by atoms with Crippen LogP contribution in [-0.4, -0.2) is 11.1 Å². The maximum atomic E-state index is 12.9. The summed E-state index contributed by atoms with van der Waals surface area (Å²) in [5, 5.41) is 11.2. The molecule has 3 heteroatoms. The Morgan fingerprint density at radius 2 is 1.31 bits per heavy atom. The lowest BCUT2D eigenvalue weighted by atomic mass is 9.75. The number of ether oxygens (including phenoxy) is 1. The smallest absolute Gasteiger partial charge is 0.338 e. The van der Waals surface area contributed by atoms with Crippen LogP contribution >= 0.6 is 0 Å². The highest BCUT2D eigenvalue weighted by atomic mass is 16.5. The lowest BCUT2D eigenvalue weighted by Crippen LogP contribution is -2.33. The minimum absolute atomic E-state index is 0.399. The van der Waals surface area contributed by atoms with Crippen molar-refractivity contribution < 1.29 is 14.6 Å². The van der Waals surface area contributed by atoms with E-state index in [1.54, 1.807) is 12.1 Å². The Morgan fingerprint density at radius 1 is 0.793 bits per heavy atom. The summed E-state index contributed by atoms with van der Waals surface area (Å²) in [6.07, 6.45) is -1.42. The van der Waals surface area contributed by atoms with Crippen LogP contribution in [0, 0.1) is 19.3 Å². The molecule has 0 saturated heterocycles. The Bertz CT molecular complexity index is 942. The summed E-state index contributed by atoms with van der Waals surface area (Å²) in [5.74, 6) is -0.399. The third kappa shape index (κ3) is 4.75. The number of hydrogen-bond acceptors (Lipinski definition) is 3. The monoisotopic (exact) mass is 388 g/mol. The van der Waals surface area contributed by atoms with E-state index in [9.17, 15) is 9.90 Å². The van der Waals surface area contributed by atoms with E-state index in [-0.39, 0.29) is 0 Å². The van der Waals surface area contributed by atoms with E-state index in [2.05, 4.69) is 0 Å². The molecule has 2 atom stereocenters. The molecule has 1 N–H and O–H groups in total. The summed E-state index contributed by atoms with van der Waals surface area (Å²) >= 11 is 0. The molecule has 0 aliphatic carbocycles. The second kappa shape index (κ2) is 8.62. The van der Waals surface area contributed by atoms with Gasteiger partial charge in [0.1, 0.15) is 6.10 Å². The van der Waals surface area contributed by atoms with Crippen molar-refractivity contribution in [3.63, 3.8) is 0 Å². The number of benzene rings is 3. The van der Waals surface area contributed by atoms with Crippen molar-refractivity contribution in [2.75, 3.05) is 0 Å². The largest absolute Gasteiger partial charge is 0.453 e. The van der Waals surface area contributed by atoms with Gasteiger partial charge in [0.25, 0.3) is 0 Å². The normalized spacial score (nSPS) is 13.6. The zero-order valence-corrected chi connectivity index (χ0v) is 17.4. The van der Waals surface area contributed by atoms with Gasteiger partial charge in [-0.05, 0) is 37.1 Å². The molecular formula is C26H28O3.